The molecule has 0 saturated carbocycles. The molecule has 0 amide bonds. The van der Waals surface area contributed by atoms with Crippen molar-refractivity contribution in [1.82, 2.24) is 4.72 Å². The SMILES string of the molecule is C=C(C)NSC. The highest BCUT2D eigenvalue weighted by Gasteiger charge is 1.71. The second-order valence-electron chi connectivity index (χ2n) is 1.09. The van der Waals surface area contributed by atoms with Crippen LogP contribution in [-0.4, -0.2) is 6.26 Å². The van der Waals surface area contributed by atoms with E-state index in [0.717, 1.165) is 5.70 Å². The van der Waals surface area contributed by atoms with Gasteiger partial charge in [0.15, 0.2) is 0 Å². The number of hydrogen-bond donors (Lipinski definition) is 1. The smallest absolute Gasteiger partial charge is 0.0108 e. The van der Waals surface area contributed by atoms with Gasteiger partial charge in [-0.15, -0.1) is 0 Å². The zero-order chi connectivity index (χ0) is 4.99. The summed E-state index contributed by atoms with van der Waals surface area (Å²) in [5.41, 5.74) is 1.00. The molecule has 0 fully saturated rings. The second-order valence-corrected chi connectivity index (χ2v) is 1.70. The average Bonchev–Trinajstić information content (AvgIpc) is 1.35. The molecule has 0 spiro atoms. The van der Waals surface area contributed by atoms with E-state index in [2.05, 4.69) is 11.3 Å². The molecule has 36 valence electrons. The molecular formula is C4H9NS. The average molecular weight is 103 g/mol. The van der Waals surface area contributed by atoms with Crippen molar-refractivity contribution in [2.75, 3.05) is 6.26 Å². The first kappa shape index (κ1) is 5.89. The number of allylic oxidation sites excluding steroid dienone is 1. The van der Waals surface area contributed by atoms with Gasteiger partial charge in [-0.3, -0.25) is 0 Å². The standard InChI is InChI=1S/C4H9NS/c1-4(2)5-6-3/h5H,1H2,2-3H3. The van der Waals surface area contributed by atoms with Gasteiger partial charge in [0.25, 0.3) is 0 Å². The minimum atomic E-state index is 1.00. The molecule has 1 N–H and O–H groups in total. The molecule has 0 atom stereocenters. The van der Waals surface area contributed by atoms with E-state index in [0.29, 0.717) is 0 Å². The first-order chi connectivity index (χ1) is 2.77. The fraction of sp³-hybridized carbons (Fsp3) is 0.500. The summed E-state index contributed by atoms with van der Waals surface area (Å²) < 4.78 is 2.93. The summed E-state index contributed by atoms with van der Waals surface area (Å²) in [6.45, 7) is 5.54. The number of rotatable bonds is 2. The lowest BCUT2D eigenvalue weighted by atomic mass is 10.6. The molecule has 1 nitrogen and oxygen atoms in total. The van der Waals surface area contributed by atoms with Crippen molar-refractivity contribution in [2.24, 2.45) is 0 Å². The Kier molecular flexibility index (Phi) is 3.04. The number of hydrogen-bond acceptors (Lipinski definition) is 2. The van der Waals surface area contributed by atoms with Gasteiger partial charge in [-0.1, -0.05) is 18.5 Å². The highest BCUT2D eigenvalue weighted by atomic mass is 32.2. The summed E-state index contributed by atoms with van der Waals surface area (Å²) >= 11 is 1.56. The lowest BCUT2D eigenvalue weighted by molar-refractivity contribution is 1.22. The largest absolute Gasteiger partial charge is 0.335 e. The molecule has 0 aromatic carbocycles. The summed E-state index contributed by atoms with van der Waals surface area (Å²) in [6, 6.07) is 0. The molecule has 0 radical (unpaired) electrons. The minimum absolute atomic E-state index is 1.00. The summed E-state index contributed by atoms with van der Waals surface area (Å²) in [6.07, 6.45) is 1.97. The van der Waals surface area contributed by atoms with E-state index in [-0.39, 0.29) is 0 Å². The highest BCUT2D eigenvalue weighted by molar-refractivity contribution is 7.96. The van der Waals surface area contributed by atoms with Gasteiger partial charge in [-0.05, 0) is 6.92 Å². The van der Waals surface area contributed by atoms with Crippen molar-refractivity contribution in [2.45, 2.75) is 6.92 Å². The van der Waals surface area contributed by atoms with Crippen LogP contribution >= 0.6 is 11.9 Å². The van der Waals surface area contributed by atoms with E-state index in [1.807, 2.05) is 13.2 Å². The lowest BCUT2D eigenvalue weighted by Gasteiger charge is -1.93. The Hall–Kier alpha value is -0.110. The Balaban J connectivity index is 2.83. The van der Waals surface area contributed by atoms with Crippen LogP contribution in [0.5, 0.6) is 0 Å². The third-order valence-electron chi connectivity index (χ3n) is 0.276. The summed E-state index contributed by atoms with van der Waals surface area (Å²) in [5, 5.41) is 0. The molecule has 0 heterocycles. The fourth-order valence-corrected chi connectivity index (χ4v) is 0.523. The molecule has 2 heteroatoms. The van der Waals surface area contributed by atoms with E-state index in [4.69, 9.17) is 0 Å². The van der Waals surface area contributed by atoms with Crippen molar-refractivity contribution in [3.63, 3.8) is 0 Å². The molecule has 0 aliphatic rings. The Morgan fingerprint density at radius 3 is 2.33 bits per heavy atom. The third kappa shape index (κ3) is 3.89. The topological polar surface area (TPSA) is 12.0 Å². The van der Waals surface area contributed by atoms with E-state index in [1.165, 1.54) is 0 Å². The molecule has 0 bridgehead atoms. The molecule has 0 aromatic heterocycles. The Morgan fingerprint density at radius 2 is 2.33 bits per heavy atom. The quantitative estimate of drug-likeness (QED) is 0.530. The van der Waals surface area contributed by atoms with Crippen molar-refractivity contribution >= 4 is 11.9 Å². The van der Waals surface area contributed by atoms with Gasteiger partial charge in [0, 0.05) is 12.0 Å². The maximum absolute atomic E-state index is 3.61. The van der Waals surface area contributed by atoms with Crippen LogP contribution in [0.1, 0.15) is 6.92 Å². The van der Waals surface area contributed by atoms with Crippen molar-refractivity contribution in [3.05, 3.63) is 12.3 Å². The van der Waals surface area contributed by atoms with Gasteiger partial charge in [-0.25, -0.2) is 0 Å². The molecular weight excluding hydrogens is 94.1 g/mol. The third-order valence-corrected chi connectivity index (χ3v) is 0.829. The molecule has 0 aromatic rings. The Labute approximate surface area is 43.0 Å². The summed E-state index contributed by atoms with van der Waals surface area (Å²) in [4.78, 5) is 0. The second kappa shape index (κ2) is 3.09. The van der Waals surface area contributed by atoms with Crippen LogP contribution in [0.2, 0.25) is 0 Å². The maximum Gasteiger partial charge on any atom is 0.0108 e. The van der Waals surface area contributed by atoms with Crippen LogP contribution < -0.4 is 4.72 Å². The molecule has 0 rings (SSSR count). The minimum Gasteiger partial charge on any atom is -0.335 e. The zero-order valence-electron chi connectivity index (χ0n) is 4.12. The summed E-state index contributed by atoms with van der Waals surface area (Å²) in [7, 11) is 0. The lowest BCUT2D eigenvalue weighted by Crippen LogP contribution is -1.94. The zero-order valence-corrected chi connectivity index (χ0v) is 4.93. The van der Waals surface area contributed by atoms with Crippen LogP contribution in [0.25, 0.3) is 0 Å². The molecule has 6 heavy (non-hydrogen) atoms. The maximum atomic E-state index is 3.61. The summed E-state index contributed by atoms with van der Waals surface area (Å²) in [5.74, 6) is 0. The molecule has 0 aliphatic heterocycles. The van der Waals surface area contributed by atoms with Crippen LogP contribution in [0.4, 0.5) is 0 Å². The van der Waals surface area contributed by atoms with Gasteiger partial charge in [0.2, 0.25) is 0 Å². The normalized spacial score (nSPS) is 7.67. The van der Waals surface area contributed by atoms with Crippen LogP contribution in [0.15, 0.2) is 12.3 Å². The van der Waals surface area contributed by atoms with Crippen molar-refractivity contribution in [1.29, 1.82) is 0 Å². The van der Waals surface area contributed by atoms with Gasteiger partial charge in [-0.2, -0.15) is 0 Å². The monoisotopic (exact) mass is 103 g/mol. The van der Waals surface area contributed by atoms with Gasteiger partial charge in [0.05, 0.1) is 0 Å². The van der Waals surface area contributed by atoms with Crippen LogP contribution in [-0.2, 0) is 0 Å². The fourth-order valence-electron chi connectivity index (χ4n) is 0.174. The van der Waals surface area contributed by atoms with E-state index >= 15 is 0 Å². The van der Waals surface area contributed by atoms with E-state index in [9.17, 15) is 0 Å². The van der Waals surface area contributed by atoms with E-state index < -0.39 is 0 Å². The first-order valence-corrected chi connectivity index (χ1v) is 2.94. The van der Waals surface area contributed by atoms with Crippen molar-refractivity contribution in [3.8, 4) is 0 Å². The van der Waals surface area contributed by atoms with Gasteiger partial charge in [0.1, 0.15) is 0 Å². The predicted molar refractivity (Wildman–Crippen MR) is 31.5 cm³/mol. The molecule has 0 unspecified atom stereocenters. The van der Waals surface area contributed by atoms with E-state index in [1.54, 1.807) is 11.9 Å². The molecule has 0 aliphatic carbocycles. The van der Waals surface area contributed by atoms with Gasteiger partial charge < -0.3 is 4.72 Å². The van der Waals surface area contributed by atoms with Crippen LogP contribution in [0, 0.1) is 0 Å². The highest BCUT2D eigenvalue weighted by Crippen LogP contribution is 1.86. The van der Waals surface area contributed by atoms with Crippen LogP contribution in [0.3, 0.4) is 0 Å². The Bertz CT molecular complexity index is 51.5. The predicted octanol–water partition coefficient (Wildman–Crippen LogP) is 1.39. The Morgan fingerprint density at radius 1 is 1.83 bits per heavy atom. The number of nitrogens with one attached hydrogen (secondary N) is 1. The van der Waals surface area contributed by atoms with Gasteiger partial charge >= 0.3 is 0 Å². The molecule has 0 saturated heterocycles. The van der Waals surface area contributed by atoms with Crippen molar-refractivity contribution < 1.29 is 0 Å². The first-order valence-electron chi connectivity index (χ1n) is 1.72.